The fourth-order valence-corrected chi connectivity index (χ4v) is 9.55. The number of hydrogen-bond donors (Lipinski definition) is 0. The zero-order valence-electron chi connectivity index (χ0n) is 29.6. The van der Waals surface area contributed by atoms with Crippen LogP contribution >= 0.6 is 0 Å². The number of benzene rings is 8. The van der Waals surface area contributed by atoms with Crippen LogP contribution in [0.2, 0.25) is 0 Å². The third-order valence-electron chi connectivity index (χ3n) is 11.9. The van der Waals surface area contributed by atoms with Crippen molar-refractivity contribution < 1.29 is 0 Å². The number of pyridine rings is 1. The Kier molecular flexibility index (Phi) is 5.60. The molecular weight excluding hydrogens is 669 g/mol. The largest absolute Gasteiger partial charge is 0.309 e. The summed E-state index contributed by atoms with van der Waals surface area (Å²) in [6.45, 7) is 0. The number of para-hydroxylation sites is 5. The van der Waals surface area contributed by atoms with Crippen molar-refractivity contribution in [1.29, 1.82) is 0 Å². The molecule has 4 heteroatoms. The Labute approximate surface area is 314 Å². The normalized spacial score (nSPS) is 12.4. The van der Waals surface area contributed by atoms with Crippen molar-refractivity contribution in [3.05, 3.63) is 182 Å². The van der Waals surface area contributed by atoms with Gasteiger partial charge < -0.3 is 13.5 Å². The Hall–Kier alpha value is -7.43. The summed E-state index contributed by atoms with van der Waals surface area (Å²) in [7, 11) is 0. The minimum absolute atomic E-state index is 1.03. The standard InChI is InChI=1S/C51H30N4/c1-2-12-34(13-3-1)53-44-19-8-5-14-36(44)40-27-31(21-24-46(40)53)32-22-25-47-41(28-32)37-15-6-9-20-45(37)54(47)35-23-26-48-42(30-35)38-16-10-17-39-50-49(55(48)51(38)39)29-33-11-4-7-18-43(33)52-50/h1-30H. The van der Waals surface area contributed by atoms with Gasteiger partial charge in [0.2, 0.25) is 0 Å². The van der Waals surface area contributed by atoms with Gasteiger partial charge in [0, 0.05) is 54.5 Å². The average molecular weight is 699 g/mol. The molecule has 13 aromatic rings. The summed E-state index contributed by atoms with van der Waals surface area (Å²) in [5, 5.41) is 9.87. The van der Waals surface area contributed by atoms with Crippen molar-refractivity contribution in [2.75, 3.05) is 0 Å². The molecule has 0 aliphatic carbocycles. The fraction of sp³-hybridized carbons (Fsp3) is 0. The van der Waals surface area contributed by atoms with Gasteiger partial charge in [0.25, 0.3) is 0 Å². The summed E-state index contributed by atoms with van der Waals surface area (Å²) < 4.78 is 7.23. The van der Waals surface area contributed by atoms with E-state index in [1.807, 2.05) is 0 Å². The van der Waals surface area contributed by atoms with E-state index in [0.29, 0.717) is 0 Å². The summed E-state index contributed by atoms with van der Waals surface area (Å²) in [5.74, 6) is 0. The highest BCUT2D eigenvalue weighted by Crippen LogP contribution is 2.42. The summed E-state index contributed by atoms with van der Waals surface area (Å²) in [5.41, 5.74) is 15.3. The number of fused-ring (bicyclic) bond motifs is 13. The van der Waals surface area contributed by atoms with Crippen molar-refractivity contribution in [1.82, 2.24) is 18.5 Å². The van der Waals surface area contributed by atoms with Gasteiger partial charge in [0.15, 0.2) is 0 Å². The highest BCUT2D eigenvalue weighted by molar-refractivity contribution is 6.23. The number of nitrogens with zero attached hydrogens (tertiary/aromatic N) is 4. The number of aromatic nitrogens is 4. The van der Waals surface area contributed by atoms with Gasteiger partial charge in [0.05, 0.1) is 49.7 Å². The van der Waals surface area contributed by atoms with Crippen molar-refractivity contribution in [2.24, 2.45) is 0 Å². The maximum Gasteiger partial charge on any atom is 0.0971 e. The van der Waals surface area contributed by atoms with Gasteiger partial charge in [-0.1, -0.05) is 103 Å². The molecule has 0 aliphatic heterocycles. The van der Waals surface area contributed by atoms with Crippen LogP contribution in [0.1, 0.15) is 0 Å². The number of hydrogen-bond acceptors (Lipinski definition) is 1. The van der Waals surface area contributed by atoms with Crippen LogP contribution in [-0.4, -0.2) is 18.5 Å². The Balaban J connectivity index is 1.01. The van der Waals surface area contributed by atoms with E-state index in [0.717, 1.165) is 27.6 Å². The van der Waals surface area contributed by atoms with Gasteiger partial charge in [-0.05, 0) is 90.0 Å². The molecule has 5 aromatic heterocycles. The van der Waals surface area contributed by atoms with E-state index >= 15 is 0 Å². The summed E-state index contributed by atoms with van der Waals surface area (Å²) in [4.78, 5) is 5.15. The maximum absolute atomic E-state index is 5.15. The molecule has 0 aliphatic rings. The first-order valence-electron chi connectivity index (χ1n) is 18.9. The molecule has 0 unspecified atom stereocenters. The predicted molar refractivity (Wildman–Crippen MR) is 231 cm³/mol. The van der Waals surface area contributed by atoms with Crippen LogP contribution in [0, 0.1) is 0 Å². The van der Waals surface area contributed by atoms with Gasteiger partial charge in [0.1, 0.15) is 0 Å². The molecule has 0 fully saturated rings. The van der Waals surface area contributed by atoms with Crippen LogP contribution in [0.25, 0.3) is 115 Å². The smallest absolute Gasteiger partial charge is 0.0971 e. The highest BCUT2D eigenvalue weighted by Gasteiger charge is 2.21. The van der Waals surface area contributed by atoms with E-state index in [4.69, 9.17) is 4.98 Å². The van der Waals surface area contributed by atoms with E-state index in [1.54, 1.807) is 0 Å². The van der Waals surface area contributed by atoms with Crippen molar-refractivity contribution in [3.63, 3.8) is 0 Å². The minimum atomic E-state index is 1.03. The summed E-state index contributed by atoms with van der Waals surface area (Å²) in [6, 6.07) is 66.5. The molecule has 0 amide bonds. The zero-order chi connectivity index (χ0) is 35.8. The first-order chi connectivity index (χ1) is 27.3. The number of rotatable bonds is 3. The Bertz CT molecular complexity index is 3710. The van der Waals surface area contributed by atoms with Crippen molar-refractivity contribution in [3.8, 4) is 22.5 Å². The lowest BCUT2D eigenvalue weighted by Gasteiger charge is -2.10. The SMILES string of the molecule is c1ccc(-n2c3ccccc3c3cc(-c4ccc5c(c4)c4ccccc4n5-c4ccc5c(c4)c4cccc6c7nc8ccccc8cc7n5c46)ccc32)cc1. The molecule has 0 saturated heterocycles. The molecule has 0 N–H and O–H groups in total. The van der Waals surface area contributed by atoms with E-state index in [9.17, 15) is 0 Å². The van der Waals surface area contributed by atoms with E-state index in [1.165, 1.54) is 87.6 Å². The van der Waals surface area contributed by atoms with Gasteiger partial charge in [-0.3, -0.25) is 0 Å². The topological polar surface area (TPSA) is 27.2 Å². The van der Waals surface area contributed by atoms with Crippen LogP contribution in [-0.2, 0) is 0 Å². The van der Waals surface area contributed by atoms with Gasteiger partial charge in [-0.15, -0.1) is 0 Å². The molecule has 0 atom stereocenters. The van der Waals surface area contributed by atoms with Crippen molar-refractivity contribution >= 4 is 92.7 Å². The highest BCUT2D eigenvalue weighted by atomic mass is 15.0. The van der Waals surface area contributed by atoms with E-state index in [-0.39, 0.29) is 0 Å². The second-order valence-corrected chi connectivity index (χ2v) is 14.8. The Morgan fingerprint density at radius 2 is 0.891 bits per heavy atom. The molecule has 0 saturated carbocycles. The molecule has 5 heterocycles. The Morgan fingerprint density at radius 3 is 1.64 bits per heavy atom. The lowest BCUT2D eigenvalue weighted by atomic mass is 10.0. The average Bonchev–Trinajstić information content (AvgIpc) is 3.97. The lowest BCUT2D eigenvalue weighted by Crippen LogP contribution is -1.94. The Morgan fingerprint density at radius 1 is 0.327 bits per heavy atom. The second-order valence-electron chi connectivity index (χ2n) is 14.8. The molecule has 4 nitrogen and oxygen atoms in total. The summed E-state index contributed by atoms with van der Waals surface area (Å²) in [6.07, 6.45) is 0. The van der Waals surface area contributed by atoms with Gasteiger partial charge in [-0.25, -0.2) is 4.98 Å². The quantitative estimate of drug-likeness (QED) is 0.180. The molecule has 13 rings (SSSR count). The summed E-state index contributed by atoms with van der Waals surface area (Å²) >= 11 is 0. The van der Waals surface area contributed by atoms with Crippen LogP contribution in [0.3, 0.4) is 0 Å². The van der Waals surface area contributed by atoms with E-state index < -0.39 is 0 Å². The first-order valence-corrected chi connectivity index (χ1v) is 18.9. The third-order valence-corrected chi connectivity index (χ3v) is 11.9. The molecule has 0 bridgehead atoms. The minimum Gasteiger partial charge on any atom is -0.309 e. The van der Waals surface area contributed by atoms with Crippen LogP contribution < -0.4 is 0 Å². The molecular formula is C51H30N4. The first kappa shape index (κ1) is 29.1. The van der Waals surface area contributed by atoms with Crippen LogP contribution in [0.5, 0.6) is 0 Å². The molecule has 8 aromatic carbocycles. The van der Waals surface area contributed by atoms with Crippen LogP contribution in [0.15, 0.2) is 182 Å². The molecule has 0 spiro atoms. The fourth-order valence-electron chi connectivity index (χ4n) is 9.55. The van der Waals surface area contributed by atoms with Crippen LogP contribution in [0.4, 0.5) is 0 Å². The second kappa shape index (κ2) is 10.6. The lowest BCUT2D eigenvalue weighted by molar-refractivity contribution is 1.18. The van der Waals surface area contributed by atoms with E-state index in [2.05, 4.69) is 196 Å². The maximum atomic E-state index is 5.15. The zero-order valence-corrected chi connectivity index (χ0v) is 29.6. The molecule has 55 heavy (non-hydrogen) atoms. The third kappa shape index (κ3) is 3.87. The van der Waals surface area contributed by atoms with Gasteiger partial charge >= 0.3 is 0 Å². The molecule has 0 radical (unpaired) electrons. The monoisotopic (exact) mass is 698 g/mol. The molecule has 254 valence electrons. The predicted octanol–water partition coefficient (Wildman–Crippen LogP) is 13.2. The van der Waals surface area contributed by atoms with Crippen molar-refractivity contribution in [2.45, 2.75) is 0 Å². The van der Waals surface area contributed by atoms with Gasteiger partial charge in [-0.2, -0.15) is 0 Å².